The first-order valence-corrected chi connectivity index (χ1v) is 10.8. The molecule has 1 aromatic carbocycles. The van der Waals surface area contributed by atoms with Crippen LogP contribution >= 0.6 is 11.8 Å². The summed E-state index contributed by atoms with van der Waals surface area (Å²) in [6.45, 7) is 2.06. The smallest absolute Gasteiger partial charge is 0.387 e. The van der Waals surface area contributed by atoms with Gasteiger partial charge in [-0.05, 0) is 41.5 Å². The third kappa shape index (κ3) is 7.79. The molecule has 1 aliphatic heterocycles. The number of amides is 3. The number of benzene rings is 1. The molecule has 3 amide bonds. The van der Waals surface area contributed by atoms with E-state index in [-0.39, 0.29) is 41.8 Å². The van der Waals surface area contributed by atoms with Crippen molar-refractivity contribution in [3.05, 3.63) is 28.7 Å². The molecule has 32 heavy (non-hydrogen) atoms. The molecule has 0 atom stereocenters. The number of halogens is 2. The van der Waals surface area contributed by atoms with Gasteiger partial charge in [-0.25, -0.2) is 0 Å². The van der Waals surface area contributed by atoms with Gasteiger partial charge in [0.15, 0.2) is 11.5 Å². The van der Waals surface area contributed by atoms with E-state index in [0.717, 1.165) is 16.7 Å². The van der Waals surface area contributed by atoms with E-state index in [2.05, 4.69) is 10.1 Å². The number of thioether (sulfide) groups is 1. The van der Waals surface area contributed by atoms with E-state index < -0.39 is 17.8 Å². The molecule has 1 heterocycles. The third-order valence-corrected chi connectivity index (χ3v) is 5.06. The van der Waals surface area contributed by atoms with Crippen molar-refractivity contribution in [3.63, 3.8) is 0 Å². The number of hydrogen-bond acceptors (Lipinski definition) is 7. The Balaban J connectivity index is 1.90. The number of nitrogens with zero attached hydrogens (tertiary/aromatic N) is 1. The summed E-state index contributed by atoms with van der Waals surface area (Å²) in [5, 5.41) is 2.20. The highest BCUT2D eigenvalue weighted by Crippen LogP contribution is 2.34. The van der Waals surface area contributed by atoms with Gasteiger partial charge in [0.1, 0.15) is 0 Å². The van der Waals surface area contributed by atoms with Crippen molar-refractivity contribution in [3.8, 4) is 11.5 Å². The van der Waals surface area contributed by atoms with Crippen LogP contribution in [0.4, 0.5) is 13.6 Å². The quantitative estimate of drug-likeness (QED) is 0.368. The van der Waals surface area contributed by atoms with Crippen molar-refractivity contribution in [1.82, 2.24) is 10.2 Å². The van der Waals surface area contributed by atoms with Gasteiger partial charge in [0.05, 0.1) is 18.6 Å². The first-order chi connectivity index (χ1) is 15.2. The summed E-state index contributed by atoms with van der Waals surface area (Å²) in [5.74, 6) is -0.415. The summed E-state index contributed by atoms with van der Waals surface area (Å²) >= 11 is 0.757. The summed E-state index contributed by atoms with van der Waals surface area (Å²) in [6, 6.07) is 4.19. The highest BCUT2D eigenvalue weighted by atomic mass is 32.2. The van der Waals surface area contributed by atoms with Crippen LogP contribution < -0.4 is 14.8 Å². The third-order valence-electron chi connectivity index (χ3n) is 4.16. The zero-order valence-corrected chi connectivity index (χ0v) is 18.9. The zero-order chi connectivity index (χ0) is 23.7. The van der Waals surface area contributed by atoms with Gasteiger partial charge in [-0.2, -0.15) is 8.78 Å². The van der Waals surface area contributed by atoms with Crippen LogP contribution in [-0.2, 0) is 14.3 Å². The summed E-state index contributed by atoms with van der Waals surface area (Å²) in [7, 11) is 1.30. The van der Waals surface area contributed by atoms with Crippen LogP contribution in [0.1, 0.15) is 25.8 Å². The van der Waals surface area contributed by atoms with Gasteiger partial charge in [-0.15, -0.1) is 0 Å². The van der Waals surface area contributed by atoms with Crippen LogP contribution in [0.2, 0.25) is 0 Å². The standard InChI is InChI=1S/C21H26F2N2O6S/c1-13(2)12-30-9-6-18(26)24-7-8-25-19(27)17(32-21(25)28)11-14-4-5-15(31-20(22)23)16(10-14)29-3/h4-5,10-11,13,20H,6-9,12H2,1-3H3,(H,24,26)/b17-11-. The molecule has 1 aromatic rings. The Morgan fingerprint density at radius 2 is 2.00 bits per heavy atom. The summed E-state index contributed by atoms with van der Waals surface area (Å²) < 4.78 is 39.6. The van der Waals surface area contributed by atoms with E-state index in [9.17, 15) is 23.2 Å². The molecule has 1 fully saturated rings. The largest absolute Gasteiger partial charge is 0.493 e. The van der Waals surface area contributed by atoms with Crippen molar-refractivity contribution >= 4 is 34.9 Å². The number of carbonyl (C=O) groups is 3. The van der Waals surface area contributed by atoms with Crippen molar-refractivity contribution < 1.29 is 37.4 Å². The molecule has 176 valence electrons. The van der Waals surface area contributed by atoms with Crippen LogP contribution in [0.3, 0.4) is 0 Å². The van der Waals surface area contributed by atoms with Crippen LogP contribution in [0.5, 0.6) is 11.5 Å². The number of nitrogens with one attached hydrogen (secondary N) is 1. The lowest BCUT2D eigenvalue weighted by Crippen LogP contribution is -2.37. The van der Waals surface area contributed by atoms with Crippen LogP contribution in [-0.4, -0.2) is 62.0 Å². The molecule has 0 aliphatic carbocycles. The predicted octanol–water partition coefficient (Wildman–Crippen LogP) is 3.51. The number of rotatable bonds is 12. The van der Waals surface area contributed by atoms with Gasteiger partial charge < -0.3 is 19.5 Å². The maximum Gasteiger partial charge on any atom is 0.387 e. The zero-order valence-electron chi connectivity index (χ0n) is 18.1. The lowest BCUT2D eigenvalue weighted by atomic mass is 10.2. The van der Waals surface area contributed by atoms with Crippen molar-refractivity contribution in [2.24, 2.45) is 5.92 Å². The van der Waals surface area contributed by atoms with Crippen molar-refractivity contribution in [2.45, 2.75) is 26.9 Å². The fraction of sp³-hybridized carbons (Fsp3) is 0.476. The molecular formula is C21H26F2N2O6S. The number of alkyl halides is 2. The molecule has 8 nitrogen and oxygen atoms in total. The Hall–Kier alpha value is -2.66. The lowest BCUT2D eigenvalue weighted by molar-refractivity contribution is -0.124. The second-order valence-electron chi connectivity index (χ2n) is 7.19. The minimum Gasteiger partial charge on any atom is -0.493 e. The minimum absolute atomic E-state index is 0.0328. The number of ether oxygens (including phenoxy) is 3. The van der Waals surface area contributed by atoms with Crippen LogP contribution in [0.25, 0.3) is 6.08 Å². The van der Waals surface area contributed by atoms with Gasteiger partial charge in [0.25, 0.3) is 11.1 Å². The molecule has 1 N–H and O–H groups in total. The molecule has 11 heteroatoms. The Bertz CT molecular complexity index is 863. The molecule has 0 unspecified atom stereocenters. The summed E-state index contributed by atoms with van der Waals surface area (Å²) in [4.78, 5) is 37.8. The fourth-order valence-corrected chi connectivity index (χ4v) is 3.56. The average Bonchev–Trinajstić information content (AvgIpc) is 2.99. The predicted molar refractivity (Wildman–Crippen MR) is 116 cm³/mol. The molecular weight excluding hydrogens is 446 g/mol. The molecule has 0 bridgehead atoms. The molecule has 1 saturated heterocycles. The number of carbonyl (C=O) groups excluding carboxylic acids is 3. The summed E-state index contributed by atoms with van der Waals surface area (Å²) in [5.41, 5.74) is 0.476. The normalized spacial score (nSPS) is 15.2. The Kier molecular flexibility index (Phi) is 9.92. The van der Waals surface area contributed by atoms with Gasteiger partial charge in [-0.3, -0.25) is 19.3 Å². The van der Waals surface area contributed by atoms with Gasteiger partial charge in [0.2, 0.25) is 5.91 Å². The highest BCUT2D eigenvalue weighted by molar-refractivity contribution is 8.18. The van der Waals surface area contributed by atoms with E-state index in [0.29, 0.717) is 24.7 Å². The number of hydrogen-bond donors (Lipinski definition) is 1. The van der Waals surface area contributed by atoms with Gasteiger partial charge in [0, 0.05) is 26.1 Å². The van der Waals surface area contributed by atoms with Gasteiger partial charge in [-0.1, -0.05) is 19.9 Å². The minimum atomic E-state index is -3.00. The monoisotopic (exact) mass is 472 g/mol. The number of imide groups is 1. The van der Waals surface area contributed by atoms with E-state index in [1.165, 1.54) is 31.4 Å². The van der Waals surface area contributed by atoms with Crippen LogP contribution in [0, 0.1) is 5.92 Å². The van der Waals surface area contributed by atoms with E-state index in [1.54, 1.807) is 0 Å². The second kappa shape index (κ2) is 12.4. The Morgan fingerprint density at radius 1 is 1.25 bits per heavy atom. The summed E-state index contributed by atoms with van der Waals surface area (Å²) in [6.07, 6.45) is 1.66. The molecule has 0 aromatic heterocycles. The van der Waals surface area contributed by atoms with Gasteiger partial charge >= 0.3 is 6.61 Å². The maximum absolute atomic E-state index is 12.6. The molecule has 0 spiro atoms. The highest BCUT2D eigenvalue weighted by Gasteiger charge is 2.34. The first kappa shape index (κ1) is 25.6. The van der Waals surface area contributed by atoms with Crippen molar-refractivity contribution in [1.29, 1.82) is 0 Å². The van der Waals surface area contributed by atoms with E-state index in [1.807, 2.05) is 13.8 Å². The lowest BCUT2D eigenvalue weighted by Gasteiger charge is -2.13. The van der Waals surface area contributed by atoms with Crippen molar-refractivity contribution in [2.75, 3.05) is 33.4 Å². The first-order valence-electron chi connectivity index (χ1n) is 9.94. The molecule has 2 rings (SSSR count). The maximum atomic E-state index is 12.6. The van der Waals surface area contributed by atoms with E-state index >= 15 is 0 Å². The topological polar surface area (TPSA) is 94.2 Å². The van der Waals surface area contributed by atoms with E-state index in [4.69, 9.17) is 9.47 Å². The molecule has 0 saturated carbocycles. The Morgan fingerprint density at radius 3 is 2.66 bits per heavy atom. The molecule has 0 radical (unpaired) electrons. The molecule has 1 aliphatic rings. The average molecular weight is 473 g/mol. The SMILES string of the molecule is COc1cc(/C=C2\SC(=O)N(CCNC(=O)CCOCC(C)C)C2=O)ccc1OC(F)F. The fourth-order valence-electron chi connectivity index (χ4n) is 2.69. The van der Waals surface area contributed by atoms with Crippen LogP contribution in [0.15, 0.2) is 23.1 Å². The second-order valence-corrected chi connectivity index (χ2v) is 8.18. The number of methoxy groups -OCH3 is 1. The Labute approximate surface area is 189 Å².